The third-order valence-corrected chi connectivity index (χ3v) is 3.73. The van der Waals surface area contributed by atoms with E-state index in [1.807, 2.05) is 10.9 Å². The molecule has 0 aliphatic rings. The molecule has 0 atom stereocenters. The van der Waals surface area contributed by atoms with E-state index in [0.29, 0.717) is 6.54 Å². The Kier molecular flexibility index (Phi) is 4.92. The van der Waals surface area contributed by atoms with Gasteiger partial charge in [0.05, 0.1) is 12.0 Å². The molecule has 5 heteroatoms. The monoisotopic (exact) mass is 264 g/mol. The van der Waals surface area contributed by atoms with Gasteiger partial charge in [0.1, 0.15) is 0 Å². The molecular weight excluding hydrogens is 244 g/mol. The van der Waals surface area contributed by atoms with Gasteiger partial charge in [0.15, 0.2) is 0 Å². The molecule has 0 aliphatic carbocycles. The summed E-state index contributed by atoms with van der Waals surface area (Å²) in [5, 5.41) is 2.12. The van der Waals surface area contributed by atoms with Crippen molar-refractivity contribution < 1.29 is 0 Å². The first-order valence-electron chi connectivity index (χ1n) is 6.27. The molecule has 2 aromatic rings. The summed E-state index contributed by atoms with van der Waals surface area (Å²) in [5.74, 6) is 0. The molecule has 98 valence electrons. The molecule has 18 heavy (non-hydrogen) atoms. The van der Waals surface area contributed by atoms with E-state index >= 15 is 0 Å². The van der Waals surface area contributed by atoms with Crippen molar-refractivity contribution in [2.75, 3.05) is 13.1 Å². The van der Waals surface area contributed by atoms with Crippen LogP contribution in [0.3, 0.4) is 0 Å². The van der Waals surface area contributed by atoms with Gasteiger partial charge >= 0.3 is 0 Å². The van der Waals surface area contributed by atoms with Gasteiger partial charge in [-0.05, 0) is 18.0 Å². The Bertz CT molecular complexity index is 449. The third-order valence-electron chi connectivity index (χ3n) is 2.87. The molecule has 0 amide bonds. The van der Waals surface area contributed by atoms with Gasteiger partial charge in [-0.1, -0.05) is 13.0 Å². The van der Waals surface area contributed by atoms with E-state index in [9.17, 15) is 0 Å². The van der Waals surface area contributed by atoms with Crippen LogP contribution in [0, 0.1) is 0 Å². The van der Waals surface area contributed by atoms with Crippen LogP contribution >= 0.6 is 11.3 Å². The quantitative estimate of drug-likeness (QED) is 0.831. The second-order valence-electron chi connectivity index (χ2n) is 4.27. The Balaban J connectivity index is 1.92. The third kappa shape index (κ3) is 3.66. The topological polar surface area (TPSA) is 47.1 Å². The van der Waals surface area contributed by atoms with Crippen molar-refractivity contribution in [2.24, 2.45) is 5.73 Å². The second-order valence-corrected chi connectivity index (χ2v) is 5.31. The molecule has 2 N–H and O–H groups in total. The molecule has 0 unspecified atom stereocenters. The van der Waals surface area contributed by atoms with Gasteiger partial charge in [-0.25, -0.2) is 4.98 Å². The number of nitrogens with two attached hydrogens (primary N) is 1. The van der Waals surface area contributed by atoms with Gasteiger partial charge in [-0.3, -0.25) is 4.90 Å². The summed E-state index contributed by atoms with van der Waals surface area (Å²) in [7, 11) is 0. The number of hydrogen-bond acceptors (Lipinski definition) is 4. The molecule has 0 bridgehead atoms. The largest absolute Gasteiger partial charge is 0.336 e. The van der Waals surface area contributed by atoms with Gasteiger partial charge in [-0.2, -0.15) is 0 Å². The maximum absolute atomic E-state index is 5.53. The van der Waals surface area contributed by atoms with E-state index in [1.165, 1.54) is 4.88 Å². The highest BCUT2D eigenvalue weighted by atomic mass is 32.1. The minimum atomic E-state index is 0.655. The van der Waals surface area contributed by atoms with Gasteiger partial charge in [0.25, 0.3) is 0 Å². The fraction of sp³-hybridized carbons (Fsp3) is 0.462. The molecular formula is C13H20N4S. The van der Waals surface area contributed by atoms with Crippen molar-refractivity contribution in [1.29, 1.82) is 0 Å². The molecule has 0 saturated heterocycles. The number of hydrogen-bond donors (Lipinski definition) is 1. The minimum absolute atomic E-state index is 0.655. The average molecular weight is 264 g/mol. The molecule has 0 saturated carbocycles. The van der Waals surface area contributed by atoms with Crippen LogP contribution in [0.5, 0.6) is 0 Å². The smallest absolute Gasteiger partial charge is 0.0950 e. The van der Waals surface area contributed by atoms with Gasteiger partial charge in [-0.15, -0.1) is 11.3 Å². The predicted octanol–water partition coefficient (Wildman–Crippen LogP) is 1.93. The Morgan fingerprint density at radius 2 is 2.33 bits per heavy atom. The van der Waals surface area contributed by atoms with Crippen molar-refractivity contribution in [3.05, 3.63) is 40.6 Å². The number of thiophene rings is 1. The summed E-state index contributed by atoms with van der Waals surface area (Å²) in [4.78, 5) is 8.21. The highest BCUT2D eigenvalue weighted by Crippen LogP contribution is 2.13. The zero-order valence-corrected chi connectivity index (χ0v) is 11.6. The Labute approximate surface area is 112 Å². The normalized spacial score (nSPS) is 11.3. The van der Waals surface area contributed by atoms with E-state index in [0.717, 1.165) is 31.9 Å². The van der Waals surface area contributed by atoms with Crippen molar-refractivity contribution in [3.63, 3.8) is 0 Å². The summed E-state index contributed by atoms with van der Waals surface area (Å²) in [6.45, 7) is 6.60. The zero-order valence-electron chi connectivity index (χ0n) is 10.7. The van der Waals surface area contributed by atoms with Gasteiger partial charge in [0, 0.05) is 37.3 Å². The molecule has 2 aromatic heterocycles. The average Bonchev–Trinajstić information content (AvgIpc) is 3.01. The molecule has 0 spiro atoms. The zero-order chi connectivity index (χ0) is 12.8. The fourth-order valence-electron chi connectivity index (χ4n) is 1.89. The van der Waals surface area contributed by atoms with E-state index in [1.54, 1.807) is 11.3 Å². The predicted molar refractivity (Wildman–Crippen MR) is 75.4 cm³/mol. The van der Waals surface area contributed by atoms with E-state index in [-0.39, 0.29) is 0 Å². The maximum Gasteiger partial charge on any atom is 0.0950 e. The van der Waals surface area contributed by atoms with Crippen LogP contribution in [-0.4, -0.2) is 27.5 Å². The van der Waals surface area contributed by atoms with Crippen LogP contribution in [0.4, 0.5) is 0 Å². The molecule has 0 aromatic carbocycles. The highest BCUT2D eigenvalue weighted by molar-refractivity contribution is 7.09. The number of rotatable bonds is 7. The Morgan fingerprint density at radius 1 is 1.44 bits per heavy atom. The van der Waals surface area contributed by atoms with Crippen LogP contribution in [0.15, 0.2) is 30.0 Å². The van der Waals surface area contributed by atoms with E-state index in [4.69, 9.17) is 5.73 Å². The standard InChI is InChI=1S/C13H20N4S/c1-2-16(10-13-4-3-7-18-13)8-12-9-17(6-5-14)11-15-12/h3-4,7,9,11H,2,5-6,8,10,14H2,1H3. The summed E-state index contributed by atoms with van der Waals surface area (Å²) < 4.78 is 2.05. The summed E-state index contributed by atoms with van der Waals surface area (Å²) in [6.07, 6.45) is 3.95. The summed E-state index contributed by atoms with van der Waals surface area (Å²) >= 11 is 1.81. The number of imidazole rings is 1. The Hall–Kier alpha value is -1.17. The van der Waals surface area contributed by atoms with Crippen LogP contribution < -0.4 is 5.73 Å². The Morgan fingerprint density at radius 3 is 3.00 bits per heavy atom. The lowest BCUT2D eigenvalue weighted by Crippen LogP contribution is -2.22. The van der Waals surface area contributed by atoms with Crippen LogP contribution in [0.1, 0.15) is 17.5 Å². The molecule has 0 radical (unpaired) electrons. The van der Waals surface area contributed by atoms with Crippen molar-refractivity contribution in [1.82, 2.24) is 14.5 Å². The first kappa shape index (κ1) is 13.3. The molecule has 2 rings (SSSR count). The van der Waals surface area contributed by atoms with Crippen molar-refractivity contribution in [3.8, 4) is 0 Å². The SMILES string of the molecule is CCN(Cc1cn(CCN)cn1)Cc1cccs1. The summed E-state index contributed by atoms with van der Waals surface area (Å²) in [6, 6.07) is 4.28. The van der Waals surface area contributed by atoms with Crippen LogP contribution in [0.25, 0.3) is 0 Å². The maximum atomic E-state index is 5.53. The van der Waals surface area contributed by atoms with Gasteiger partial charge in [0.2, 0.25) is 0 Å². The molecule has 0 aliphatic heterocycles. The minimum Gasteiger partial charge on any atom is -0.336 e. The first-order valence-corrected chi connectivity index (χ1v) is 7.15. The number of aromatic nitrogens is 2. The second kappa shape index (κ2) is 6.68. The van der Waals surface area contributed by atoms with E-state index < -0.39 is 0 Å². The lowest BCUT2D eigenvalue weighted by Gasteiger charge is -2.18. The summed E-state index contributed by atoms with van der Waals surface area (Å²) in [5.41, 5.74) is 6.64. The van der Waals surface area contributed by atoms with Crippen LogP contribution in [0.2, 0.25) is 0 Å². The van der Waals surface area contributed by atoms with Crippen molar-refractivity contribution in [2.45, 2.75) is 26.6 Å². The lowest BCUT2D eigenvalue weighted by molar-refractivity contribution is 0.271. The first-order chi connectivity index (χ1) is 8.81. The van der Waals surface area contributed by atoms with E-state index in [2.05, 4.69) is 40.5 Å². The molecule has 0 fully saturated rings. The van der Waals surface area contributed by atoms with Crippen molar-refractivity contribution >= 4 is 11.3 Å². The lowest BCUT2D eigenvalue weighted by atomic mass is 10.3. The fourth-order valence-corrected chi connectivity index (χ4v) is 2.64. The molecule has 2 heterocycles. The highest BCUT2D eigenvalue weighted by Gasteiger charge is 2.07. The van der Waals surface area contributed by atoms with Crippen LogP contribution in [-0.2, 0) is 19.6 Å². The molecule has 4 nitrogen and oxygen atoms in total. The number of nitrogens with zero attached hydrogens (tertiary/aromatic N) is 3. The van der Waals surface area contributed by atoms with Gasteiger partial charge < -0.3 is 10.3 Å².